The van der Waals surface area contributed by atoms with E-state index in [-0.39, 0.29) is 12.6 Å². The number of β-amino-alcohol motifs (C(OH)–C–C–N with tert-alkyl or cyclic N) is 1. The average molecular weight is 260 g/mol. The van der Waals surface area contributed by atoms with Crippen molar-refractivity contribution in [1.82, 2.24) is 4.90 Å². The number of aliphatic hydroxyl groups is 1. The number of nitrogens with one attached hydrogen (secondary N) is 1. The summed E-state index contributed by atoms with van der Waals surface area (Å²) in [6.07, 6.45) is 5.31. The summed E-state index contributed by atoms with van der Waals surface area (Å²) in [5.41, 5.74) is 0.680. The minimum Gasteiger partial charge on any atom is -0.481 e. The van der Waals surface area contributed by atoms with Gasteiger partial charge >= 0.3 is 6.03 Å². The van der Waals surface area contributed by atoms with Crippen molar-refractivity contribution in [1.29, 1.82) is 0 Å². The molecule has 0 saturated carbocycles. The van der Waals surface area contributed by atoms with E-state index < -0.39 is 6.10 Å². The van der Waals surface area contributed by atoms with Gasteiger partial charge in [-0.15, -0.1) is 6.42 Å². The third kappa shape index (κ3) is 3.63. The molecule has 0 bridgehead atoms. The van der Waals surface area contributed by atoms with Gasteiger partial charge in [-0.3, -0.25) is 0 Å². The van der Waals surface area contributed by atoms with Crippen molar-refractivity contribution in [2.24, 2.45) is 0 Å². The average Bonchev–Trinajstić information content (AvgIpc) is 2.85. The zero-order chi connectivity index (χ0) is 13.7. The molecule has 1 saturated heterocycles. The van der Waals surface area contributed by atoms with Gasteiger partial charge in [-0.25, -0.2) is 4.79 Å². The van der Waals surface area contributed by atoms with Gasteiger partial charge in [0.15, 0.2) is 0 Å². The molecule has 1 fully saturated rings. The minimum absolute atomic E-state index is 0.200. The fourth-order valence-corrected chi connectivity index (χ4v) is 1.89. The lowest BCUT2D eigenvalue weighted by Gasteiger charge is -2.16. The number of carbonyl (C=O) groups excluding carboxylic acids is 1. The Kier molecular flexibility index (Phi) is 4.26. The predicted octanol–water partition coefficient (Wildman–Crippen LogP) is 1.30. The molecule has 2 amide bonds. The Labute approximate surface area is 112 Å². The molecule has 19 heavy (non-hydrogen) atoms. The summed E-state index contributed by atoms with van der Waals surface area (Å²) in [6, 6.07) is 6.78. The van der Waals surface area contributed by atoms with Gasteiger partial charge in [0.1, 0.15) is 12.4 Å². The second-order valence-electron chi connectivity index (χ2n) is 4.34. The number of carbonyl (C=O) groups is 1. The minimum atomic E-state index is -0.412. The lowest BCUT2D eigenvalue weighted by Crippen LogP contribution is -2.33. The van der Waals surface area contributed by atoms with Gasteiger partial charge in [0.25, 0.3) is 0 Å². The predicted molar refractivity (Wildman–Crippen MR) is 72.0 cm³/mol. The second kappa shape index (κ2) is 6.12. The first kappa shape index (κ1) is 13.2. The molecule has 1 atom stereocenters. The number of aliphatic hydroxyl groups excluding tert-OH is 1. The maximum absolute atomic E-state index is 11.9. The van der Waals surface area contributed by atoms with Crippen LogP contribution in [0, 0.1) is 12.3 Å². The second-order valence-corrected chi connectivity index (χ2v) is 4.34. The topological polar surface area (TPSA) is 61.8 Å². The van der Waals surface area contributed by atoms with Gasteiger partial charge in [-0.2, -0.15) is 0 Å². The highest BCUT2D eigenvalue weighted by atomic mass is 16.5. The van der Waals surface area contributed by atoms with E-state index in [1.165, 1.54) is 0 Å². The Morgan fingerprint density at radius 2 is 2.26 bits per heavy atom. The molecule has 0 spiro atoms. The molecule has 1 aromatic carbocycles. The van der Waals surface area contributed by atoms with Crippen molar-refractivity contribution in [3.05, 3.63) is 24.3 Å². The number of likely N-dealkylation sites (tertiary alicyclic amines) is 1. The number of anilines is 1. The maximum atomic E-state index is 11.9. The Balaban J connectivity index is 1.89. The quantitative estimate of drug-likeness (QED) is 0.805. The molecule has 1 aromatic rings. The lowest BCUT2D eigenvalue weighted by atomic mass is 10.3. The van der Waals surface area contributed by atoms with Gasteiger partial charge in [-0.1, -0.05) is 5.92 Å². The molecular formula is C14H16N2O3. The van der Waals surface area contributed by atoms with Gasteiger partial charge < -0.3 is 20.1 Å². The summed E-state index contributed by atoms with van der Waals surface area (Å²) in [5, 5.41) is 12.1. The van der Waals surface area contributed by atoms with E-state index in [1.807, 2.05) is 0 Å². The first-order chi connectivity index (χ1) is 9.19. The number of amides is 2. The molecule has 0 aromatic heterocycles. The summed E-state index contributed by atoms with van der Waals surface area (Å²) in [7, 11) is 0. The summed E-state index contributed by atoms with van der Waals surface area (Å²) < 4.78 is 5.24. The third-order valence-electron chi connectivity index (χ3n) is 2.88. The molecule has 0 aliphatic carbocycles. The first-order valence-electron chi connectivity index (χ1n) is 6.09. The largest absolute Gasteiger partial charge is 0.481 e. The van der Waals surface area contributed by atoms with E-state index >= 15 is 0 Å². The summed E-state index contributed by atoms with van der Waals surface area (Å²) in [5.74, 6) is 3.04. The molecule has 1 aliphatic rings. The SMILES string of the molecule is C#CCOc1ccc(NC(=O)N2CC[C@@H](O)C2)cc1. The molecule has 5 nitrogen and oxygen atoms in total. The van der Waals surface area contributed by atoms with Crippen LogP contribution in [0.2, 0.25) is 0 Å². The van der Waals surface area contributed by atoms with Crippen molar-refractivity contribution in [2.75, 3.05) is 25.0 Å². The van der Waals surface area contributed by atoms with Crippen LogP contribution in [-0.2, 0) is 0 Å². The highest BCUT2D eigenvalue weighted by Crippen LogP contribution is 2.17. The maximum Gasteiger partial charge on any atom is 0.321 e. The van der Waals surface area contributed by atoms with E-state index in [2.05, 4.69) is 11.2 Å². The number of hydrogen-bond acceptors (Lipinski definition) is 3. The number of ether oxygens (including phenoxy) is 1. The lowest BCUT2D eigenvalue weighted by molar-refractivity contribution is 0.176. The molecule has 100 valence electrons. The van der Waals surface area contributed by atoms with Crippen LogP contribution >= 0.6 is 0 Å². The van der Waals surface area contributed by atoms with E-state index in [0.717, 1.165) is 0 Å². The van der Waals surface area contributed by atoms with E-state index in [1.54, 1.807) is 29.2 Å². The van der Waals surface area contributed by atoms with Crippen LogP contribution in [0.15, 0.2) is 24.3 Å². The summed E-state index contributed by atoms with van der Waals surface area (Å²) >= 11 is 0. The van der Waals surface area contributed by atoms with Crippen molar-refractivity contribution < 1.29 is 14.6 Å². The van der Waals surface area contributed by atoms with E-state index in [9.17, 15) is 9.90 Å². The van der Waals surface area contributed by atoms with Crippen molar-refractivity contribution in [3.63, 3.8) is 0 Å². The Morgan fingerprint density at radius 1 is 1.53 bits per heavy atom. The van der Waals surface area contributed by atoms with Crippen LogP contribution in [-0.4, -0.2) is 41.8 Å². The van der Waals surface area contributed by atoms with Crippen molar-refractivity contribution in [3.8, 4) is 18.1 Å². The van der Waals surface area contributed by atoms with Crippen LogP contribution in [0.4, 0.5) is 10.5 Å². The smallest absolute Gasteiger partial charge is 0.321 e. The van der Waals surface area contributed by atoms with Gasteiger partial charge in [0, 0.05) is 18.8 Å². The zero-order valence-corrected chi connectivity index (χ0v) is 10.5. The summed E-state index contributed by atoms with van der Waals surface area (Å²) in [4.78, 5) is 13.5. The molecule has 0 unspecified atom stereocenters. The number of urea groups is 1. The van der Waals surface area contributed by atoms with E-state index in [4.69, 9.17) is 11.2 Å². The molecular weight excluding hydrogens is 244 g/mol. The van der Waals surface area contributed by atoms with Crippen molar-refractivity contribution >= 4 is 11.7 Å². The van der Waals surface area contributed by atoms with Crippen LogP contribution in [0.1, 0.15) is 6.42 Å². The van der Waals surface area contributed by atoms with Gasteiger partial charge in [0.2, 0.25) is 0 Å². The van der Waals surface area contributed by atoms with Gasteiger partial charge in [-0.05, 0) is 30.7 Å². The molecule has 1 aliphatic heterocycles. The van der Waals surface area contributed by atoms with Gasteiger partial charge in [0.05, 0.1) is 6.10 Å². The third-order valence-corrected chi connectivity index (χ3v) is 2.88. The first-order valence-corrected chi connectivity index (χ1v) is 6.09. The fourth-order valence-electron chi connectivity index (χ4n) is 1.89. The molecule has 1 heterocycles. The van der Waals surface area contributed by atoms with Crippen molar-refractivity contribution in [2.45, 2.75) is 12.5 Å². The number of rotatable bonds is 3. The van der Waals surface area contributed by atoms with E-state index in [0.29, 0.717) is 30.9 Å². The highest BCUT2D eigenvalue weighted by Gasteiger charge is 2.24. The Morgan fingerprint density at radius 3 is 2.84 bits per heavy atom. The molecule has 2 N–H and O–H groups in total. The Bertz CT molecular complexity index is 478. The molecule has 0 radical (unpaired) electrons. The standard InChI is InChI=1S/C14H16N2O3/c1-2-9-19-13-5-3-11(4-6-13)15-14(18)16-8-7-12(17)10-16/h1,3-6,12,17H,7-10H2,(H,15,18)/t12-/m1/s1. The van der Waals surface area contributed by atoms with Crippen LogP contribution in [0.25, 0.3) is 0 Å². The fraction of sp³-hybridized carbons (Fsp3) is 0.357. The highest BCUT2D eigenvalue weighted by molar-refractivity contribution is 5.89. The monoisotopic (exact) mass is 260 g/mol. The zero-order valence-electron chi connectivity index (χ0n) is 10.5. The number of nitrogens with zero attached hydrogens (tertiary/aromatic N) is 1. The normalized spacial score (nSPS) is 17.9. The number of hydrogen-bond donors (Lipinski definition) is 2. The van der Waals surface area contributed by atoms with Crippen LogP contribution in [0.5, 0.6) is 5.75 Å². The number of benzene rings is 1. The number of terminal acetylenes is 1. The molecule has 2 rings (SSSR count). The van der Waals surface area contributed by atoms with Crippen LogP contribution in [0.3, 0.4) is 0 Å². The summed E-state index contributed by atoms with van der Waals surface area (Å²) in [6.45, 7) is 1.18. The molecule has 5 heteroatoms. The Hall–Kier alpha value is -2.19. The van der Waals surface area contributed by atoms with Crippen LogP contribution < -0.4 is 10.1 Å².